The van der Waals surface area contributed by atoms with E-state index >= 15 is 0 Å². The Labute approximate surface area is 122 Å². The molecule has 0 radical (unpaired) electrons. The van der Waals surface area contributed by atoms with Crippen molar-refractivity contribution in [2.45, 2.75) is 13.3 Å². The van der Waals surface area contributed by atoms with Crippen molar-refractivity contribution in [3.8, 4) is 16.9 Å². The molecule has 2 rings (SSSR count). The van der Waals surface area contributed by atoms with Crippen molar-refractivity contribution in [2.75, 3.05) is 0 Å². The van der Waals surface area contributed by atoms with Gasteiger partial charge in [-0.05, 0) is 36.2 Å². The molecule has 0 saturated carbocycles. The predicted molar refractivity (Wildman–Crippen MR) is 70.2 cm³/mol. The van der Waals surface area contributed by atoms with Crippen molar-refractivity contribution >= 4 is 5.97 Å². The number of hydrogen-bond donors (Lipinski definition) is 1. The van der Waals surface area contributed by atoms with Crippen molar-refractivity contribution in [3.05, 3.63) is 53.3 Å². The molecule has 0 saturated heterocycles. The first-order valence-corrected chi connectivity index (χ1v) is 6.07. The fraction of sp³-hybridized carbons (Fsp3) is 0.133. The summed E-state index contributed by atoms with van der Waals surface area (Å²) in [6.07, 6.45) is -4.89. The summed E-state index contributed by atoms with van der Waals surface area (Å²) in [5.41, 5.74) is -0.0805. The third-order valence-corrected chi connectivity index (χ3v) is 2.95. The zero-order valence-electron chi connectivity index (χ0n) is 11.2. The maximum atomic E-state index is 13.8. The van der Waals surface area contributed by atoms with Gasteiger partial charge in [0.2, 0.25) is 0 Å². The summed E-state index contributed by atoms with van der Waals surface area (Å²) < 4.78 is 55.0. The van der Waals surface area contributed by atoms with Gasteiger partial charge in [-0.15, -0.1) is 13.2 Å². The minimum absolute atomic E-state index is 0.0214. The highest BCUT2D eigenvalue weighted by Crippen LogP contribution is 2.36. The molecular formula is C15H10F4O3. The molecule has 0 heterocycles. The van der Waals surface area contributed by atoms with Crippen LogP contribution < -0.4 is 4.74 Å². The molecule has 2 aromatic rings. The van der Waals surface area contributed by atoms with Crippen LogP contribution in [0.3, 0.4) is 0 Å². The summed E-state index contributed by atoms with van der Waals surface area (Å²) >= 11 is 0. The lowest BCUT2D eigenvalue weighted by Crippen LogP contribution is -2.17. The number of ether oxygens (including phenoxy) is 1. The number of para-hydroxylation sites is 1. The summed E-state index contributed by atoms with van der Waals surface area (Å²) in [5, 5.41) is 8.85. The highest BCUT2D eigenvalue weighted by atomic mass is 19.4. The van der Waals surface area contributed by atoms with Gasteiger partial charge in [-0.2, -0.15) is 0 Å². The summed E-state index contributed by atoms with van der Waals surface area (Å²) in [7, 11) is 0. The average molecular weight is 314 g/mol. The molecule has 22 heavy (non-hydrogen) atoms. The quantitative estimate of drug-likeness (QED) is 0.854. The highest BCUT2D eigenvalue weighted by Gasteiger charge is 2.32. The zero-order chi connectivity index (χ0) is 16.5. The summed E-state index contributed by atoms with van der Waals surface area (Å²) in [6.45, 7) is 1.48. The zero-order valence-corrected chi connectivity index (χ0v) is 11.2. The SMILES string of the molecule is Cc1cc(C(=O)O)c(F)cc1-c1ccccc1OC(F)(F)F. The largest absolute Gasteiger partial charge is 0.573 e. The van der Waals surface area contributed by atoms with Crippen LogP contribution in [0.4, 0.5) is 17.6 Å². The Kier molecular flexibility index (Phi) is 4.07. The minimum Gasteiger partial charge on any atom is -0.478 e. The minimum atomic E-state index is -4.89. The Morgan fingerprint density at radius 2 is 1.77 bits per heavy atom. The molecule has 0 aliphatic carbocycles. The molecule has 3 nitrogen and oxygen atoms in total. The Bertz CT molecular complexity index is 723. The fourth-order valence-corrected chi connectivity index (χ4v) is 2.04. The summed E-state index contributed by atoms with van der Waals surface area (Å²) in [6, 6.07) is 7.21. The van der Waals surface area contributed by atoms with Crippen molar-refractivity contribution in [3.63, 3.8) is 0 Å². The molecule has 0 amide bonds. The van der Waals surface area contributed by atoms with Gasteiger partial charge < -0.3 is 9.84 Å². The Hall–Kier alpha value is -2.57. The number of rotatable bonds is 3. The van der Waals surface area contributed by atoms with Crippen LogP contribution in [-0.4, -0.2) is 17.4 Å². The van der Waals surface area contributed by atoms with E-state index in [0.717, 1.165) is 18.2 Å². The summed E-state index contributed by atoms with van der Waals surface area (Å²) in [5.74, 6) is -2.97. The van der Waals surface area contributed by atoms with Gasteiger partial charge in [0.15, 0.2) is 0 Å². The van der Waals surface area contributed by atoms with Crippen LogP contribution in [0.5, 0.6) is 5.75 Å². The van der Waals surface area contributed by atoms with Gasteiger partial charge in [-0.25, -0.2) is 9.18 Å². The fourth-order valence-electron chi connectivity index (χ4n) is 2.04. The van der Waals surface area contributed by atoms with Crippen LogP contribution in [0.2, 0.25) is 0 Å². The van der Waals surface area contributed by atoms with Crippen molar-refractivity contribution in [1.29, 1.82) is 0 Å². The smallest absolute Gasteiger partial charge is 0.478 e. The summed E-state index contributed by atoms with van der Waals surface area (Å²) in [4.78, 5) is 10.9. The first kappa shape index (κ1) is 15.8. The molecule has 0 atom stereocenters. The molecule has 7 heteroatoms. The number of aromatic carboxylic acids is 1. The van der Waals surface area contributed by atoms with E-state index in [1.165, 1.54) is 25.1 Å². The van der Waals surface area contributed by atoms with Gasteiger partial charge in [-0.1, -0.05) is 18.2 Å². The van der Waals surface area contributed by atoms with Crippen molar-refractivity contribution < 1.29 is 32.2 Å². The van der Waals surface area contributed by atoms with Gasteiger partial charge >= 0.3 is 12.3 Å². The second-order valence-corrected chi connectivity index (χ2v) is 4.50. The second kappa shape index (κ2) is 5.67. The first-order chi connectivity index (χ1) is 10.2. The molecule has 0 fully saturated rings. The topological polar surface area (TPSA) is 46.5 Å². The number of aryl methyl sites for hydroxylation is 1. The molecule has 0 unspecified atom stereocenters. The Morgan fingerprint density at radius 3 is 2.36 bits per heavy atom. The van der Waals surface area contributed by atoms with E-state index in [2.05, 4.69) is 4.74 Å². The molecule has 0 aromatic heterocycles. The van der Waals surface area contributed by atoms with Gasteiger partial charge in [0.25, 0.3) is 0 Å². The Morgan fingerprint density at radius 1 is 1.14 bits per heavy atom. The first-order valence-electron chi connectivity index (χ1n) is 6.07. The number of alkyl halides is 3. The van der Waals surface area contributed by atoms with E-state index in [4.69, 9.17) is 5.11 Å². The molecule has 0 aliphatic heterocycles. The van der Waals surface area contributed by atoms with Crippen LogP contribution in [0.1, 0.15) is 15.9 Å². The highest BCUT2D eigenvalue weighted by molar-refractivity contribution is 5.89. The van der Waals surface area contributed by atoms with Gasteiger partial charge in [0, 0.05) is 5.56 Å². The Balaban J connectivity index is 2.58. The third kappa shape index (κ3) is 3.36. The van der Waals surface area contributed by atoms with E-state index in [1.807, 2.05) is 0 Å². The standard InChI is InChI=1S/C15H10F4O3/c1-8-6-11(14(20)21)12(16)7-10(8)9-4-2-3-5-13(9)22-15(17,18)19/h2-7H,1H3,(H,20,21). The number of halogens is 4. The van der Waals surface area contributed by atoms with Gasteiger partial charge in [0.05, 0.1) is 5.56 Å². The normalized spacial score (nSPS) is 11.3. The van der Waals surface area contributed by atoms with Crippen molar-refractivity contribution in [1.82, 2.24) is 0 Å². The number of carboxylic acid groups (broad SMARTS) is 1. The van der Waals surface area contributed by atoms with E-state index in [0.29, 0.717) is 5.56 Å². The monoisotopic (exact) mass is 314 g/mol. The van der Waals surface area contributed by atoms with Crippen LogP contribution >= 0.6 is 0 Å². The number of carboxylic acids is 1. The van der Waals surface area contributed by atoms with Gasteiger partial charge in [-0.3, -0.25) is 0 Å². The number of hydrogen-bond acceptors (Lipinski definition) is 2. The maximum absolute atomic E-state index is 13.8. The maximum Gasteiger partial charge on any atom is 0.573 e. The van der Waals surface area contributed by atoms with Crippen LogP contribution in [0.15, 0.2) is 36.4 Å². The van der Waals surface area contributed by atoms with Crippen LogP contribution in [0, 0.1) is 12.7 Å². The lowest BCUT2D eigenvalue weighted by Gasteiger charge is -2.15. The lowest BCUT2D eigenvalue weighted by molar-refractivity contribution is -0.274. The molecular weight excluding hydrogens is 304 g/mol. The lowest BCUT2D eigenvalue weighted by atomic mass is 9.97. The molecule has 116 valence electrons. The van der Waals surface area contributed by atoms with E-state index in [9.17, 15) is 22.4 Å². The second-order valence-electron chi connectivity index (χ2n) is 4.50. The average Bonchev–Trinajstić information content (AvgIpc) is 2.39. The number of carbonyl (C=O) groups is 1. The van der Waals surface area contributed by atoms with Crippen molar-refractivity contribution in [2.24, 2.45) is 0 Å². The van der Waals surface area contributed by atoms with Gasteiger partial charge in [0.1, 0.15) is 11.6 Å². The van der Waals surface area contributed by atoms with Crippen LogP contribution in [-0.2, 0) is 0 Å². The number of benzene rings is 2. The molecule has 1 N–H and O–H groups in total. The molecule has 0 bridgehead atoms. The van der Waals surface area contributed by atoms with E-state index < -0.39 is 29.5 Å². The van der Waals surface area contributed by atoms with Crippen LogP contribution in [0.25, 0.3) is 11.1 Å². The predicted octanol–water partition coefficient (Wildman–Crippen LogP) is 4.40. The molecule has 0 spiro atoms. The molecule has 0 aliphatic rings. The third-order valence-electron chi connectivity index (χ3n) is 2.95. The molecule has 2 aromatic carbocycles. The van der Waals surface area contributed by atoms with E-state index in [1.54, 1.807) is 0 Å². The van der Waals surface area contributed by atoms with E-state index in [-0.39, 0.29) is 11.1 Å².